The topological polar surface area (TPSA) is 35.2 Å². The van der Waals surface area contributed by atoms with Gasteiger partial charge in [0.2, 0.25) is 0 Å². The molecule has 0 aromatic rings. The molecule has 0 radical (unpaired) electrons. The van der Waals surface area contributed by atoms with E-state index in [9.17, 15) is 0 Å². The highest BCUT2D eigenvalue weighted by atomic mass is 28.3. The van der Waals surface area contributed by atoms with Crippen LogP contribution in [0.2, 0.25) is 19.6 Å². The monoisotopic (exact) mass is 161 g/mol. The molecule has 0 bridgehead atoms. The van der Waals surface area contributed by atoms with E-state index in [2.05, 4.69) is 19.6 Å². The van der Waals surface area contributed by atoms with Gasteiger partial charge >= 0.3 is 0 Å². The minimum atomic E-state index is -0.970. The van der Waals surface area contributed by atoms with Crippen molar-refractivity contribution in [1.82, 2.24) is 0 Å². The van der Waals surface area contributed by atoms with Gasteiger partial charge in [-0.2, -0.15) is 0 Å². The van der Waals surface area contributed by atoms with Crippen molar-refractivity contribution in [3.8, 4) is 0 Å². The zero-order valence-electron chi connectivity index (χ0n) is 7.31. The lowest BCUT2D eigenvalue weighted by molar-refractivity contribution is 0.171. The molecule has 2 nitrogen and oxygen atoms in total. The van der Waals surface area contributed by atoms with Crippen molar-refractivity contribution in [2.45, 2.75) is 26.1 Å². The highest BCUT2D eigenvalue weighted by Crippen LogP contribution is 2.00. The first-order valence-electron chi connectivity index (χ1n) is 3.84. The Hall–Kier alpha value is 0.137. The molecular weight excluding hydrogens is 142 g/mol. The van der Waals surface area contributed by atoms with Gasteiger partial charge < -0.3 is 10.5 Å². The Morgan fingerprint density at radius 2 is 1.90 bits per heavy atom. The first kappa shape index (κ1) is 10.1. The van der Waals surface area contributed by atoms with Crippen LogP contribution in [-0.2, 0) is 4.74 Å². The standard InChI is InChI=1S/C7H19NOSi/c1-10(2,3)7-9-6-4-5-8/h4-8H2,1-3H3. The van der Waals surface area contributed by atoms with Crippen molar-refractivity contribution in [2.75, 3.05) is 19.4 Å². The maximum atomic E-state index is 5.42. The average Bonchev–Trinajstić information content (AvgIpc) is 1.78. The maximum absolute atomic E-state index is 5.42. The van der Waals surface area contributed by atoms with E-state index in [4.69, 9.17) is 10.5 Å². The average molecular weight is 161 g/mol. The Morgan fingerprint density at radius 1 is 1.30 bits per heavy atom. The van der Waals surface area contributed by atoms with Crippen LogP contribution in [0.15, 0.2) is 0 Å². The SMILES string of the molecule is C[Si](C)(C)COCCCN. The zero-order valence-corrected chi connectivity index (χ0v) is 8.31. The summed E-state index contributed by atoms with van der Waals surface area (Å²) in [4.78, 5) is 0. The highest BCUT2D eigenvalue weighted by molar-refractivity contribution is 6.76. The van der Waals surface area contributed by atoms with E-state index in [0.717, 1.165) is 25.8 Å². The molecule has 0 aliphatic rings. The Balaban J connectivity index is 3.04. The molecule has 0 fully saturated rings. The summed E-state index contributed by atoms with van der Waals surface area (Å²) in [6, 6.07) is 0. The van der Waals surface area contributed by atoms with Gasteiger partial charge in [-0.15, -0.1) is 0 Å². The van der Waals surface area contributed by atoms with Crippen molar-refractivity contribution in [2.24, 2.45) is 5.73 Å². The molecule has 0 saturated carbocycles. The summed E-state index contributed by atoms with van der Waals surface area (Å²) in [5.41, 5.74) is 5.31. The van der Waals surface area contributed by atoms with E-state index in [-0.39, 0.29) is 0 Å². The Kier molecular flexibility index (Phi) is 4.94. The van der Waals surface area contributed by atoms with Gasteiger partial charge in [0, 0.05) is 12.8 Å². The fourth-order valence-corrected chi connectivity index (χ4v) is 1.32. The van der Waals surface area contributed by atoms with Crippen LogP contribution in [0.3, 0.4) is 0 Å². The molecule has 62 valence electrons. The van der Waals surface area contributed by atoms with Gasteiger partial charge in [0.1, 0.15) is 0 Å². The van der Waals surface area contributed by atoms with E-state index in [1.807, 2.05) is 0 Å². The van der Waals surface area contributed by atoms with Crippen molar-refractivity contribution >= 4 is 8.07 Å². The highest BCUT2D eigenvalue weighted by Gasteiger charge is 2.12. The van der Waals surface area contributed by atoms with Crippen LogP contribution in [0, 0.1) is 0 Å². The molecule has 0 aliphatic carbocycles. The lowest BCUT2D eigenvalue weighted by Gasteiger charge is -2.15. The maximum Gasteiger partial charge on any atom is 0.0746 e. The quantitative estimate of drug-likeness (QED) is 0.486. The van der Waals surface area contributed by atoms with Crippen LogP contribution >= 0.6 is 0 Å². The van der Waals surface area contributed by atoms with Gasteiger partial charge in [-0.05, 0) is 13.0 Å². The molecule has 0 heterocycles. The van der Waals surface area contributed by atoms with Crippen LogP contribution in [-0.4, -0.2) is 27.5 Å². The summed E-state index contributed by atoms with van der Waals surface area (Å²) in [6.45, 7) is 8.48. The Bertz CT molecular complexity index is 80.2. The van der Waals surface area contributed by atoms with Crippen LogP contribution in [0.5, 0.6) is 0 Å². The largest absolute Gasteiger partial charge is 0.385 e. The van der Waals surface area contributed by atoms with Crippen LogP contribution < -0.4 is 5.73 Å². The smallest absolute Gasteiger partial charge is 0.0746 e. The summed E-state index contributed by atoms with van der Waals surface area (Å²) in [5.74, 6) is 0. The van der Waals surface area contributed by atoms with Gasteiger partial charge in [-0.25, -0.2) is 0 Å². The second kappa shape index (κ2) is 4.88. The summed E-state index contributed by atoms with van der Waals surface area (Å²) < 4.78 is 5.42. The lowest BCUT2D eigenvalue weighted by Crippen LogP contribution is -2.28. The van der Waals surface area contributed by atoms with Crippen molar-refractivity contribution < 1.29 is 4.74 Å². The number of ether oxygens (including phenoxy) is 1. The summed E-state index contributed by atoms with van der Waals surface area (Å²) in [7, 11) is -0.970. The number of hydrogen-bond acceptors (Lipinski definition) is 2. The van der Waals surface area contributed by atoms with Crippen molar-refractivity contribution in [3.05, 3.63) is 0 Å². The normalized spacial score (nSPS) is 12.0. The fourth-order valence-electron chi connectivity index (χ4n) is 0.564. The molecule has 0 aliphatic heterocycles. The Morgan fingerprint density at radius 3 is 2.30 bits per heavy atom. The first-order valence-corrected chi connectivity index (χ1v) is 7.55. The third kappa shape index (κ3) is 8.14. The number of hydrogen-bond donors (Lipinski definition) is 1. The van der Waals surface area contributed by atoms with Gasteiger partial charge in [-0.3, -0.25) is 0 Å². The van der Waals surface area contributed by atoms with E-state index < -0.39 is 8.07 Å². The number of nitrogens with two attached hydrogens (primary N) is 1. The van der Waals surface area contributed by atoms with E-state index in [1.54, 1.807) is 0 Å². The van der Waals surface area contributed by atoms with E-state index in [0.29, 0.717) is 0 Å². The van der Waals surface area contributed by atoms with Crippen LogP contribution in [0.25, 0.3) is 0 Å². The molecule has 2 N–H and O–H groups in total. The minimum Gasteiger partial charge on any atom is -0.385 e. The number of rotatable bonds is 5. The molecule has 3 heteroatoms. The van der Waals surface area contributed by atoms with Crippen LogP contribution in [0.1, 0.15) is 6.42 Å². The van der Waals surface area contributed by atoms with Crippen LogP contribution in [0.4, 0.5) is 0 Å². The molecule has 0 rings (SSSR count). The van der Waals surface area contributed by atoms with Crippen molar-refractivity contribution in [1.29, 1.82) is 0 Å². The summed E-state index contributed by atoms with van der Waals surface area (Å²) in [6.07, 6.45) is 1.96. The second-order valence-corrected chi connectivity index (χ2v) is 9.17. The Labute approximate surface area is 64.8 Å². The zero-order chi connectivity index (χ0) is 8.04. The molecule has 0 aromatic heterocycles. The lowest BCUT2D eigenvalue weighted by atomic mass is 10.5. The predicted octanol–water partition coefficient (Wildman–Crippen LogP) is 1.23. The molecular formula is C7H19NOSi. The molecule has 0 aromatic carbocycles. The fraction of sp³-hybridized carbons (Fsp3) is 1.00. The predicted molar refractivity (Wildman–Crippen MR) is 47.8 cm³/mol. The second-order valence-electron chi connectivity index (χ2n) is 3.76. The summed E-state index contributed by atoms with van der Waals surface area (Å²) >= 11 is 0. The third-order valence-corrected chi connectivity index (χ3v) is 2.10. The third-order valence-electron chi connectivity index (χ3n) is 1.03. The first-order chi connectivity index (χ1) is 4.56. The molecule has 10 heavy (non-hydrogen) atoms. The van der Waals surface area contributed by atoms with Gasteiger partial charge in [0.05, 0.1) is 8.07 Å². The molecule has 0 unspecified atom stereocenters. The van der Waals surface area contributed by atoms with Gasteiger partial charge in [0.15, 0.2) is 0 Å². The molecule has 0 saturated heterocycles. The van der Waals surface area contributed by atoms with E-state index >= 15 is 0 Å². The summed E-state index contributed by atoms with van der Waals surface area (Å²) in [5, 5.41) is 0. The van der Waals surface area contributed by atoms with Gasteiger partial charge in [0.25, 0.3) is 0 Å². The van der Waals surface area contributed by atoms with E-state index in [1.165, 1.54) is 0 Å². The molecule has 0 spiro atoms. The van der Waals surface area contributed by atoms with Gasteiger partial charge in [-0.1, -0.05) is 19.6 Å². The van der Waals surface area contributed by atoms with Crippen molar-refractivity contribution in [3.63, 3.8) is 0 Å². The molecule has 0 amide bonds. The molecule has 0 atom stereocenters. The minimum absolute atomic E-state index is 0.742.